The molecule has 1 aromatic carbocycles. The van der Waals surface area contributed by atoms with Crippen LogP contribution in [0.2, 0.25) is 5.02 Å². The molecule has 0 aliphatic heterocycles. The largest absolute Gasteiger partial charge is 0.496 e. The number of carbonyl (C=O) groups is 2. The Morgan fingerprint density at radius 1 is 1.38 bits per heavy atom. The van der Waals surface area contributed by atoms with Crippen molar-refractivity contribution in [3.63, 3.8) is 0 Å². The van der Waals surface area contributed by atoms with Crippen molar-refractivity contribution in [3.05, 3.63) is 28.8 Å². The summed E-state index contributed by atoms with van der Waals surface area (Å²) in [5, 5.41) is 0.355. The average molecular weight is 243 g/mol. The second kappa shape index (κ2) is 5.51. The fraction of sp³-hybridized carbons (Fsp3) is 0.273. The van der Waals surface area contributed by atoms with Gasteiger partial charge in [-0.25, -0.2) is 4.79 Å². The Bertz CT molecular complexity index is 414. The van der Waals surface area contributed by atoms with Crippen molar-refractivity contribution >= 4 is 23.4 Å². The molecule has 1 aromatic rings. The minimum absolute atomic E-state index is 0.105. The minimum atomic E-state index is -0.914. The van der Waals surface area contributed by atoms with Gasteiger partial charge < -0.3 is 9.47 Å². The van der Waals surface area contributed by atoms with E-state index in [0.717, 1.165) is 0 Å². The molecule has 0 aromatic heterocycles. The van der Waals surface area contributed by atoms with Crippen LogP contribution in [0.1, 0.15) is 17.3 Å². The molecule has 4 nitrogen and oxygen atoms in total. The highest BCUT2D eigenvalue weighted by Crippen LogP contribution is 2.23. The predicted molar refractivity (Wildman–Crippen MR) is 59.0 cm³/mol. The summed E-state index contributed by atoms with van der Waals surface area (Å²) in [6, 6.07) is 4.47. The lowest BCUT2D eigenvalue weighted by Crippen LogP contribution is -2.18. The topological polar surface area (TPSA) is 52.6 Å². The van der Waals surface area contributed by atoms with Gasteiger partial charge in [0.15, 0.2) is 0 Å². The first-order valence-corrected chi connectivity index (χ1v) is 5.03. The number of ether oxygens (including phenoxy) is 2. The number of ketones is 1. The fourth-order valence-electron chi connectivity index (χ4n) is 1.16. The Morgan fingerprint density at radius 3 is 2.62 bits per heavy atom. The molecule has 16 heavy (non-hydrogen) atoms. The van der Waals surface area contributed by atoms with Crippen LogP contribution < -0.4 is 4.74 Å². The summed E-state index contributed by atoms with van der Waals surface area (Å²) in [6.07, 6.45) is 0. The maximum absolute atomic E-state index is 11.7. The molecular formula is C11H11ClO4. The number of esters is 1. The zero-order valence-corrected chi connectivity index (χ0v) is 9.71. The maximum Gasteiger partial charge on any atom is 0.379 e. The maximum atomic E-state index is 11.7. The Balaban J connectivity index is 3.06. The third kappa shape index (κ3) is 2.73. The Labute approximate surface area is 98.1 Å². The van der Waals surface area contributed by atoms with Crippen molar-refractivity contribution in [3.8, 4) is 5.75 Å². The van der Waals surface area contributed by atoms with Crippen LogP contribution >= 0.6 is 11.6 Å². The molecule has 0 saturated heterocycles. The van der Waals surface area contributed by atoms with E-state index >= 15 is 0 Å². The Kier molecular flexibility index (Phi) is 4.31. The van der Waals surface area contributed by atoms with Gasteiger partial charge in [-0.1, -0.05) is 11.6 Å². The molecule has 5 heteroatoms. The Morgan fingerprint density at radius 2 is 2.06 bits per heavy atom. The van der Waals surface area contributed by atoms with Gasteiger partial charge in [0.05, 0.1) is 19.3 Å². The molecule has 0 atom stereocenters. The van der Waals surface area contributed by atoms with E-state index in [-0.39, 0.29) is 12.2 Å². The smallest absolute Gasteiger partial charge is 0.379 e. The van der Waals surface area contributed by atoms with Crippen molar-refractivity contribution in [2.45, 2.75) is 6.92 Å². The van der Waals surface area contributed by atoms with E-state index in [2.05, 4.69) is 4.74 Å². The highest BCUT2D eigenvalue weighted by atomic mass is 35.5. The van der Waals surface area contributed by atoms with E-state index in [9.17, 15) is 9.59 Å². The lowest BCUT2D eigenvalue weighted by molar-refractivity contribution is -0.137. The highest BCUT2D eigenvalue weighted by Gasteiger charge is 2.21. The number of benzene rings is 1. The van der Waals surface area contributed by atoms with Gasteiger partial charge >= 0.3 is 5.97 Å². The zero-order chi connectivity index (χ0) is 12.1. The van der Waals surface area contributed by atoms with Crippen molar-refractivity contribution in [2.24, 2.45) is 0 Å². The number of rotatable bonds is 4. The van der Waals surface area contributed by atoms with E-state index in [0.29, 0.717) is 10.8 Å². The quantitative estimate of drug-likeness (QED) is 0.461. The molecule has 0 unspecified atom stereocenters. The van der Waals surface area contributed by atoms with E-state index in [4.69, 9.17) is 16.3 Å². The van der Waals surface area contributed by atoms with Crippen LogP contribution in [-0.4, -0.2) is 25.5 Å². The SMILES string of the molecule is CCOC(=O)C(=O)c1cc(Cl)ccc1OC. The predicted octanol–water partition coefficient (Wildman–Crippen LogP) is 2.09. The number of carbonyl (C=O) groups excluding carboxylic acids is 2. The summed E-state index contributed by atoms with van der Waals surface area (Å²) in [5.74, 6) is -1.38. The van der Waals surface area contributed by atoms with Crippen molar-refractivity contribution in [1.82, 2.24) is 0 Å². The van der Waals surface area contributed by atoms with Crippen LogP contribution in [0, 0.1) is 0 Å². The van der Waals surface area contributed by atoms with Crippen molar-refractivity contribution < 1.29 is 19.1 Å². The van der Waals surface area contributed by atoms with Gasteiger partial charge in [0.25, 0.3) is 5.78 Å². The molecule has 1 rings (SSSR count). The summed E-state index contributed by atoms with van der Waals surface area (Å²) in [5.41, 5.74) is 0.105. The molecule has 0 aliphatic rings. The number of hydrogen-bond acceptors (Lipinski definition) is 4. The van der Waals surface area contributed by atoms with Gasteiger partial charge in [-0.15, -0.1) is 0 Å². The van der Waals surface area contributed by atoms with Crippen LogP contribution in [0.5, 0.6) is 5.75 Å². The standard InChI is InChI=1S/C11H11ClO4/c1-3-16-11(14)10(13)8-6-7(12)4-5-9(8)15-2/h4-6H,3H2,1-2H3. The van der Waals surface area contributed by atoms with Crippen LogP contribution in [-0.2, 0) is 9.53 Å². The lowest BCUT2D eigenvalue weighted by Gasteiger charge is -2.07. The molecule has 0 spiro atoms. The van der Waals surface area contributed by atoms with E-state index in [1.165, 1.54) is 19.2 Å². The first-order chi connectivity index (χ1) is 7.60. The summed E-state index contributed by atoms with van der Waals surface area (Å²) >= 11 is 5.74. The third-order valence-electron chi connectivity index (χ3n) is 1.87. The number of halogens is 1. The van der Waals surface area contributed by atoms with Crippen molar-refractivity contribution in [2.75, 3.05) is 13.7 Å². The second-order valence-electron chi connectivity index (χ2n) is 2.89. The molecule has 0 heterocycles. The molecule has 0 radical (unpaired) electrons. The fourth-order valence-corrected chi connectivity index (χ4v) is 1.34. The van der Waals surface area contributed by atoms with Crippen LogP contribution in [0.25, 0.3) is 0 Å². The van der Waals surface area contributed by atoms with Gasteiger partial charge in [0.1, 0.15) is 5.75 Å². The average Bonchev–Trinajstić information content (AvgIpc) is 2.28. The molecule has 0 fully saturated rings. The van der Waals surface area contributed by atoms with Crippen molar-refractivity contribution in [1.29, 1.82) is 0 Å². The highest BCUT2D eigenvalue weighted by molar-refractivity contribution is 6.42. The van der Waals surface area contributed by atoms with E-state index < -0.39 is 11.8 Å². The number of methoxy groups -OCH3 is 1. The van der Waals surface area contributed by atoms with Gasteiger partial charge in [0, 0.05) is 5.02 Å². The summed E-state index contributed by atoms with van der Waals surface area (Å²) < 4.78 is 9.57. The summed E-state index contributed by atoms with van der Waals surface area (Å²) in [4.78, 5) is 22.9. The van der Waals surface area contributed by atoms with Crippen LogP contribution in [0.15, 0.2) is 18.2 Å². The molecular weight excluding hydrogens is 232 g/mol. The zero-order valence-electron chi connectivity index (χ0n) is 8.95. The van der Waals surface area contributed by atoms with Gasteiger partial charge in [-0.05, 0) is 25.1 Å². The number of Topliss-reactive ketones (excluding diaryl/α,β-unsaturated/α-hetero) is 1. The summed E-state index contributed by atoms with van der Waals surface area (Å²) in [7, 11) is 1.41. The second-order valence-corrected chi connectivity index (χ2v) is 3.33. The minimum Gasteiger partial charge on any atom is -0.496 e. The molecule has 0 amide bonds. The molecule has 0 N–H and O–H groups in total. The molecule has 86 valence electrons. The van der Waals surface area contributed by atoms with E-state index in [1.807, 2.05) is 0 Å². The molecule has 0 aliphatic carbocycles. The van der Waals surface area contributed by atoms with Gasteiger partial charge in [0.2, 0.25) is 0 Å². The summed E-state index contributed by atoms with van der Waals surface area (Å²) in [6.45, 7) is 1.77. The monoisotopic (exact) mass is 242 g/mol. The Hall–Kier alpha value is -1.55. The van der Waals surface area contributed by atoms with E-state index in [1.54, 1.807) is 13.0 Å². The lowest BCUT2D eigenvalue weighted by atomic mass is 10.1. The first kappa shape index (κ1) is 12.5. The van der Waals surface area contributed by atoms with Gasteiger partial charge in [-0.2, -0.15) is 0 Å². The molecule has 0 bridgehead atoms. The third-order valence-corrected chi connectivity index (χ3v) is 2.10. The molecule has 0 saturated carbocycles. The van der Waals surface area contributed by atoms with Gasteiger partial charge in [-0.3, -0.25) is 4.79 Å². The normalized spacial score (nSPS) is 9.69. The van der Waals surface area contributed by atoms with Crippen LogP contribution in [0.3, 0.4) is 0 Å². The number of hydrogen-bond donors (Lipinski definition) is 0. The first-order valence-electron chi connectivity index (χ1n) is 4.65. The van der Waals surface area contributed by atoms with Crippen LogP contribution in [0.4, 0.5) is 0 Å².